The first-order valence-corrected chi connectivity index (χ1v) is 9.20. The van der Waals surface area contributed by atoms with Crippen LogP contribution in [0.5, 0.6) is 17.2 Å². The number of nitrogens with one attached hydrogen (secondary N) is 1. The Bertz CT molecular complexity index is 816. The average molecular weight is 467 g/mol. The van der Waals surface area contributed by atoms with Gasteiger partial charge in [0.25, 0.3) is 0 Å². The Balaban J connectivity index is 0.00000160. The molecule has 0 radical (unpaired) electrons. The second-order valence-electron chi connectivity index (χ2n) is 6.71. The molecule has 1 N–H and O–H groups in total. The summed E-state index contributed by atoms with van der Waals surface area (Å²) < 4.78 is 52.7. The van der Waals surface area contributed by atoms with Gasteiger partial charge < -0.3 is 19.5 Å². The molecule has 0 bridgehead atoms. The molecule has 2 aromatic carbocycles. The van der Waals surface area contributed by atoms with Gasteiger partial charge in [-0.25, -0.2) is 0 Å². The van der Waals surface area contributed by atoms with Crippen LogP contribution in [0.3, 0.4) is 0 Å². The Hall–Kier alpha value is -1.87. The Labute approximate surface area is 185 Å². The molecule has 166 valence electrons. The molecule has 4 rings (SSSR count). The number of hydrogen-bond donors (Lipinski definition) is 1. The third-order valence-corrected chi connectivity index (χ3v) is 4.83. The van der Waals surface area contributed by atoms with Crippen molar-refractivity contribution in [3.63, 3.8) is 0 Å². The van der Waals surface area contributed by atoms with Crippen LogP contribution in [0.2, 0.25) is 0 Å². The van der Waals surface area contributed by atoms with Gasteiger partial charge in [-0.3, -0.25) is 4.90 Å². The molecule has 1 atom stereocenters. The predicted molar refractivity (Wildman–Crippen MR) is 111 cm³/mol. The monoisotopic (exact) mass is 466 g/mol. The molecule has 0 spiro atoms. The van der Waals surface area contributed by atoms with E-state index in [2.05, 4.69) is 15.0 Å². The lowest BCUT2D eigenvalue weighted by Gasteiger charge is -2.36. The van der Waals surface area contributed by atoms with Gasteiger partial charge in [-0.15, -0.1) is 38.0 Å². The molecule has 0 amide bonds. The maximum atomic E-state index is 12.5. The summed E-state index contributed by atoms with van der Waals surface area (Å²) >= 11 is 0. The smallest absolute Gasteiger partial charge is 0.486 e. The zero-order valence-electron chi connectivity index (χ0n) is 16.0. The highest BCUT2D eigenvalue weighted by molar-refractivity contribution is 5.85. The first-order chi connectivity index (χ1) is 13.5. The molecule has 1 fully saturated rings. The van der Waals surface area contributed by atoms with E-state index in [0.717, 1.165) is 37.3 Å². The van der Waals surface area contributed by atoms with Crippen molar-refractivity contribution in [3.05, 3.63) is 53.6 Å². The van der Waals surface area contributed by atoms with Crippen LogP contribution < -0.4 is 19.5 Å². The average Bonchev–Trinajstić information content (AvgIpc) is 2.69. The lowest BCUT2D eigenvalue weighted by Crippen LogP contribution is -2.45. The minimum atomic E-state index is -4.70. The quantitative estimate of drug-likeness (QED) is 0.731. The van der Waals surface area contributed by atoms with Crippen molar-refractivity contribution >= 4 is 24.8 Å². The first-order valence-electron chi connectivity index (χ1n) is 9.20. The highest BCUT2D eigenvalue weighted by Gasteiger charge is 2.31. The van der Waals surface area contributed by atoms with Crippen LogP contribution in [-0.2, 0) is 0 Å². The number of nitrogens with zero attached hydrogens (tertiary/aromatic N) is 1. The minimum absolute atomic E-state index is 0. The van der Waals surface area contributed by atoms with E-state index >= 15 is 0 Å². The van der Waals surface area contributed by atoms with Crippen molar-refractivity contribution in [1.29, 1.82) is 0 Å². The normalized spacial score (nSPS) is 17.3. The zero-order valence-corrected chi connectivity index (χ0v) is 17.6. The summed E-state index contributed by atoms with van der Waals surface area (Å²) in [5, 5.41) is 3.33. The molecule has 2 aromatic rings. The summed E-state index contributed by atoms with van der Waals surface area (Å²) in [7, 11) is 0. The van der Waals surface area contributed by atoms with Gasteiger partial charge in [0.05, 0.1) is 6.04 Å². The van der Waals surface area contributed by atoms with Gasteiger partial charge in [-0.05, 0) is 35.4 Å². The van der Waals surface area contributed by atoms with Gasteiger partial charge in [-0.2, -0.15) is 0 Å². The van der Waals surface area contributed by atoms with E-state index in [1.165, 1.54) is 12.1 Å². The van der Waals surface area contributed by atoms with Gasteiger partial charge in [0.2, 0.25) is 0 Å². The van der Waals surface area contributed by atoms with Crippen LogP contribution in [0.1, 0.15) is 17.2 Å². The predicted octanol–water partition coefficient (Wildman–Crippen LogP) is 4.19. The van der Waals surface area contributed by atoms with Crippen LogP contribution in [-0.4, -0.2) is 50.7 Å². The topological polar surface area (TPSA) is 43.0 Å². The summed E-state index contributed by atoms with van der Waals surface area (Å²) in [5.41, 5.74) is 1.91. The Morgan fingerprint density at radius 3 is 2.10 bits per heavy atom. The van der Waals surface area contributed by atoms with Crippen molar-refractivity contribution in [2.75, 3.05) is 39.4 Å². The highest BCUT2D eigenvalue weighted by atomic mass is 35.5. The van der Waals surface area contributed by atoms with E-state index in [-0.39, 0.29) is 36.6 Å². The van der Waals surface area contributed by atoms with Crippen molar-refractivity contribution < 1.29 is 27.4 Å². The number of rotatable bonds is 4. The molecule has 0 unspecified atom stereocenters. The molecule has 2 aliphatic heterocycles. The summed E-state index contributed by atoms with van der Waals surface area (Å²) in [5.74, 6) is 1.18. The van der Waals surface area contributed by atoms with Crippen molar-refractivity contribution in [3.8, 4) is 17.2 Å². The van der Waals surface area contributed by atoms with Crippen LogP contribution in [0.25, 0.3) is 0 Å². The number of hydrogen-bond acceptors (Lipinski definition) is 5. The van der Waals surface area contributed by atoms with Gasteiger partial charge >= 0.3 is 6.36 Å². The van der Waals surface area contributed by atoms with Gasteiger partial charge in [0, 0.05) is 26.2 Å². The molecule has 2 heterocycles. The van der Waals surface area contributed by atoms with Crippen LogP contribution in [0.15, 0.2) is 42.5 Å². The Kier molecular flexibility index (Phi) is 8.49. The fraction of sp³-hybridized carbons (Fsp3) is 0.400. The van der Waals surface area contributed by atoms with Gasteiger partial charge in [-0.1, -0.05) is 18.2 Å². The van der Waals surface area contributed by atoms with E-state index in [1.807, 2.05) is 18.2 Å². The van der Waals surface area contributed by atoms with Crippen LogP contribution >= 0.6 is 24.8 Å². The molecule has 0 aromatic heterocycles. The number of fused-ring (bicyclic) bond motifs is 1. The van der Waals surface area contributed by atoms with Gasteiger partial charge in [0.15, 0.2) is 11.5 Å². The third kappa shape index (κ3) is 5.85. The maximum absolute atomic E-state index is 12.5. The minimum Gasteiger partial charge on any atom is -0.486 e. The number of alkyl halides is 3. The standard InChI is InChI=1S/C20H21F3N2O3.2ClH/c21-20(22,23)28-16-4-1-14(2-5-16)19(25-9-7-24-8-10-25)15-3-6-17-18(13-15)27-12-11-26-17;;/h1-6,13,19,24H,7-12H2;2*1H/t19-;;/m1../s1. The first kappa shape index (κ1) is 24.4. The van der Waals surface area contributed by atoms with E-state index in [9.17, 15) is 13.2 Å². The van der Waals surface area contributed by atoms with E-state index in [4.69, 9.17) is 9.47 Å². The van der Waals surface area contributed by atoms with Gasteiger partial charge in [0.1, 0.15) is 19.0 Å². The molecular weight excluding hydrogens is 444 g/mol. The second kappa shape index (κ2) is 10.4. The Morgan fingerprint density at radius 2 is 1.47 bits per heavy atom. The molecule has 10 heteroatoms. The van der Waals surface area contributed by atoms with Crippen LogP contribution in [0.4, 0.5) is 13.2 Å². The summed E-state index contributed by atoms with van der Waals surface area (Å²) in [6.45, 7) is 4.40. The lowest BCUT2D eigenvalue weighted by atomic mass is 9.96. The molecule has 2 aliphatic rings. The second-order valence-corrected chi connectivity index (χ2v) is 6.71. The maximum Gasteiger partial charge on any atom is 0.573 e. The van der Waals surface area contributed by atoms with Crippen LogP contribution in [0, 0.1) is 0 Å². The zero-order chi connectivity index (χ0) is 19.6. The molecule has 1 saturated heterocycles. The van der Waals surface area contributed by atoms with E-state index in [0.29, 0.717) is 24.7 Å². The highest BCUT2D eigenvalue weighted by Crippen LogP contribution is 2.37. The number of piperazine rings is 1. The van der Waals surface area contributed by atoms with E-state index in [1.54, 1.807) is 12.1 Å². The lowest BCUT2D eigenvalue weighted by molar-refractivity contribution is -0.274. The summed E-state index contributed by atoms with van der Waals surface area (Å²) in [4.78, 5) is 2.31. The fourth-order valence-electron chi connectivity index (χ4n) is 3.64. The summed E-state index contributed by atoms with van der Waals surface area (Å²) in [6.07, 6.45) is -4.70. The molecule has 30 heavy (non-hydrogen) atoms. The van der Waals surface area contributed by atoms with Crippen molar-refractivity contribution in [1.82, 2.24) is 10.2 Å². The Morgan fingerprint density at radius 1 is 0.867 bits per heavy atom. The third-order valence-electron chi connectivity index (χ3n) is 4.83. The number of benzene rings is 2. The van der Waals surface area contributed by atoms with E-state index < -0.39 is 6.36 Å². The molecular formula is C20H23Cl2F3N2O3. The number of halogens is 5. The van der Waals surface area contributed by atoms with Crippen molar-refractivity contribution in [2.45, 2.75) is 12.4 Å². The summed E-state index contributed by atoms with van der Waals surface area (Å²) in [6, 6.07) is 11.8. The molecule has 0 saturated carbocycles. The largest absolute Gasteiger partial charge is 0.573 e. The molecule has 0 aliphatic carbocycles. The molecule has 5 nitrogen and oxygen atoms in total. The fourth-order valence-corrected chi connectivity index (χ4v) is 3.64. The number of ether oxygens (including phenoxy) is 3. The van der Waals surface area contributed by atoms with Crippen molar-refractivity contribution in [2.24, 2.45) is 0 Å². The SMILES string of the molecule is Cl.Cl.FC(F)(F)Oc1ccc([C@H](c2ccc3c(c2)OCCO3)N2CCNCC2)cc1.